The first-order valence-corrected chi connectivity index (χ1v) is 12.3. The Bertz CT molecular complexity index is 610. The van der Waals surface area contributed by atoms with Gasteiger partial charge >= 0.3 is 6.03 Å². The molecule has 2 aliphatic heterocycles. The number of carbonyl (C=O) groups excluding carboxylic acids is 1. The standard InChI is InChI=1S/C22H36N4O2S/c1-3-23-22(27)26-13-7-10-20(24-17-29-2)21(26)16-28-19-11-14-25(15-12-19)18-8-5-4-6-9-18/h4-6,8-9,19-21,24H,3,7,10-17H2,1-2H3,(H,23,27)/t20-,21-/m0/s1. The third-order valence-electron chi connectivity index (χ3n) is 5.92. The lowest BCUT2D eigenvalue weighted by molar-refractivity contribution is -0.0116. The summed E-state index contributed by atoms with van der Waals surface area (Å²) in [6, 6.07) is 11.0. The summed E-state index contributed by atoms with van der Waals surface area (Å²) in [5.41, 5.74) is 1.29. The van der Waals surface area contributed by atoms with Crippen LogP contribution in [0.25, 0.3) is 0 Å². The monoisotopic (exact) mass is 420 g/mol. The minimum Gasteiger partial charge on any atom is -0.376 e. The van der Waals surface area contributed by atoms with Crippen LogP contribution in [0.4, 0.5) is 10.5 Å². The molecule has 0 unspecified atom stereocenters. The summed E-state index contributed by atoms with van der Waals surface area (Å²) in [6.45, 7) is 6.09. The van der Waals surface area contributed by atoms with E-state index < -0.39 is 0 Å². The molecule has 2 fully saturated rings. The van der Waals surface area contributed by atoms with Gasteiger partial charge in [0.1, 0.15) is 0 Å². The molecule has 0 bridgehead atoms. The first-order chi connectivity index (χ1) is 14.2. The maximum absolute atomic E-state index is 12.6. The van der Waals surface area contributed by atoms with E-state index in [1.165, 1.54) is 5.69 Å². The molecule has 1 aromatic carbocycles. The Kier molecular flexibility index (Phi) is 8.95. The number of piperidine rings is 2. The lowest BCUT2D eigenvalue weighted by Crippen LogP contribution is -2.60. The van der Waals surface area contributed by atoms with Crippen LogP contribution in [0, 0.1) is 0 Å². The number of hydrogen-bond donors (Lipinski definition) is 2. The van der Waals surface area contributed by atoms with Crippen LogP contribution >= 0.6 is 11.8 Å². The van der Waals surface area contributed by atoms with Gasteiger partial charge in [0, 0.05) is 43.8 Å². The fraction of sp³-hybridized carbons (Fsp3) is 0.682. The van der Waals surface area contributed by atoms with E-state index in [4.69, 9.17) is 4.74 Å². The number of thioether (sulfide) groups is 1. The zero-order valence-corrected chi connectivity index (χ0v) is 18.6. The molecule has 1 aromatic rings. The third-order valence-corrected chi connectivity index (χ3v) is 6.38. The molecule has 2 saturated heterocycles. The van der Waals surface area contributed by atoms with Gasteiger partial charge < -0.3 is 25.2 Å². The van der Waals surface area contributed by atoms with Crippen LogP contribution in [0.15, 0.2) is 30.3 Å². The molecule has 0 saturated carbocycles. The van der Waals surface area contributed by atoms with Crippen LogP contribution in [0.5, 0.6) is 0 Å². The average molecular weight is 421 g/mol. The molecule has 0 aliphatic carbocycles. The van der Waals surface area contributed by atoms with Crippen molar-refractivity contribution < 1.29 is 9.53 Å². The summed E-state index contributed by atoms with van der Waals surface area (Å²) in [5, 5.41) is 6.59. The molecule has 0 radical (unpaired) electrons. The number of urea groups is 1. The fourth-order valence-electron chi connectivity index (χ4n) is 4.35. The number of anilines is 1. The lowest BCUT2D eigenvalue weighted by atomic mass is 9.96. The molecular formula is C22H36N4O2S. The highest BCUT2D eigenvalue weighted by Gasteiger charge is 2.35. The van der Waals surface area contributed by atoms with Gasteiger partial charge in [-0.2, -0.15) is 0 Å². The largest absolute Gasteiger partial charge is 0.376 e. The van der Waals surface area contributed by atoms with Crippen LogP contribution in [0.2, 0.25) is 0 Å². The lowest BCUT2D eigenvalue weighted by Gasteiger charge is -2.42. The van der Waals surface area contributed by atoms with Gasteiger partial charge in [0.05, 0.1) is 18.8 Å². The van der Waals surface area contributed by atoms with Crippen molar-refractivity contribution in [2.75, 3.05) is 49.8 Å². The van der Waals surface area contributed by atoms with Crippen LogP contribution in [0.3, 0.4) is 0 Å². The molecule has 0 spiro atoms. The Morgan fingerprint density at radius 1 is 1.17 bits per heavy atom. The van der Waals surface area contributed by atoms with Crippen molar-refractivity contribution >= 4 is 23.5 Å². The topological polar surface area (TPSA) is 56.8 Å². The summed E-state index contributed by atoms with van der Waals surface area (Å²) in [6.07, 6.45) is 6.57. The van der Waals surface area contributed by atoms with Crippen molar-refractivity contribution in [3.8, 4) is 0 Å². The fourth-order valence-corrected chi connectivity index (χ4v) is 4.73. The van der Waals surface area contributed by atoms with Gasteiger partial charge in [-0.15, -0.1) is 11.8 Å². The Hall–Kier alpha value is -1.44. The van der Waals surface area contributed by atoms with E-state index in [-0.39, 0.29) is 18.2 Å². The highest BCUT2D eigenvalue weighted by molar-refractivity contribution is 7.98. The molecule has 2 aliphatic rings. The maximum Gasteiger partial charge on any atom is 0.317 e. The number of benzene rings is 1. The molecule has 0 aromatic heterocycles. The molecule has 3 rings (SSSR count). The second-order valence-electron chi connectivity index (χ2n) is 7.84. The summed E-state index contributed by atoms with van der Waals surface area (Å²) < 4.78 is 6.38. The molecular weight excluding hydrogens is 384 g/mol. The van der Waals surface area contributed by atoms with Crippen LogP contribution in [-0.2, 0) is 4.74 Å². The number of nitrogens with zero attached hydrogens (tertiary/aromatic N) is 2. The zero-order valence-electron chi connectivity index (χ0n) is 17.8. The van der Waals surface area contributed by atoms with Gasteiger partial charge in [-0.25, -0.2) is 4.79 Å². The zero-order chi connectivity index (χ0) is 20.5. The first-order valence-electron chi connectivity index (χ1n) is 10.9. The first kappa shape index (κ1) is 22.2. The highest BCUT2D eigenvalue weighted by Crippen LogP contribution is 2.23. The van der Waals surface area contributed by atoms with Gasteiger partial charge in [-0.3, -0.25) is 0 Å². The van der Waals surface area contributed by atoms with Gasteiger partial charge in [-0.05, 0) is 51.0 Å². The second-order valence-corrected chi connectivity index (χ2v) is 8.70. The molecule has 2 heterocycles. The van der Waals surface area contributed by atoms with Crippen molar-refractivity contribution in [1.29, 1.82) is 0 Å². The number of likely N-dealkylation sites (tertiary alicyclic amines) is 1. The minimum atomic E-state index is 0.0376. The van der Waals surface area contributed by atoms with Crippen LogP contribution in [0.1, 0.15) is 32.6 Å². The van der Waals surface area contributed by atoms with Crippen molar-refractivity contribution in [3.05, 3.63) is 30.3 Å². The van der Waals surface area contributed by atoms with E-state index in [2.05, 4.69) is 52.1 Å². The molecule has 2 atom stereocenters. The predicted octanol–water partition coefficient (Wildman–Crippen LogP) is 3.14. The van der Waals surface area contributed by atoms with Gasteiger partial charge in [0.2, 0.25) is 0 Å². The quantitative estimate of drug-likeness (QED) is 0.633. The number of rotatable bonds is 8. The Labute approximate surface area is 179 Å². The number of para-hydroxylation sites is 1. The van der Waals surface area contributed by atoms with Crippen molar-refractivity contribution in [2.45, 2.75) is 50.8 Å². The minimum absolute atomic E-state index is 0.0376. The molecule has 162 valence electrons. The van der Waals surface area contributed by atoms with E-state index >= 15 is 0 Å². The molecule has 2 N–H and O–H groups in total. The summed E-state index contributed by atoms with van der Waals surface area (Å²) in [4.78, 5) is 17.0. The van der Waals surface area contributed by atoms with E-state index in [1.807, 2.05) is 11.8 Å². The third kappa shape index (κ3) is 6.27. The van der Waals surface area contributed by atoms with E-state index in [0.717, 1.165) is 51.2 Å². The number of ether oxygens (including phenoxy) is 1. The van der Waals surface area contributed by atoms with E-state index in [1.54, 1.807) is 11.8 Å². The van der Waals surface area contributed by atoms with Crippen molar-refractivity contribution in [3.63, 3.8) is 0 Å². The summed E-state index contributed by atoms with van der Waals surface area (Å²) >= 11 is 1.78. The normalized spacial score (nSPS) is 23.2. The molecule has 29 heavy (non-hydrogen) atoms. The SMILES string of the molecule is CCNC(=O)N1CCC[C@H](NCSC)[C@@H]1COC1CCN(c2ccccc2)CC1. The van der Waals surface area contributed by atoms with Crippen LogP contribution < -0.4 is 15.5 Å². The smallest absolute Gasteiger partial charge is 0.317 e. The van der Waals surface area contributed by atoms with Crippen molar-refractivity contribution in [1.82, 2.24) is 15.5 Å². The predicted molar refractivity (Wildman–Crippen MR) is 122 cm³/mol. The maximum atomic E-state index is 12.6. The van der Waals surface area contributed by atoms with E-state index in [9.17, 15) is 4.79 Å². The number of nitrogens with one attached hydrogen (secondary N) is 2. The average Bonchev–Trinajstić information content (AvgIpc) is 2.77. The molecule has 7 heteroatoms. The van der Waals surface area contributed by atoms with Gasteiger partial charge in [-0.1, -0.05) is 18.2 Å². The van der Waals surface area contributed by atoms with Gasteiger partial charge in [0.15, 0.2) is 0 Å². The number of carbonyl (C=O) groups is 1. The highest BCUT2D eigenvalue weighted by atomic mass is 32.2. The Morgan fingerprint density at radius 3 is 2.62 bits per heavy atom. The Morgan fingerprint density at radius 2 is 1.93 bits per heavy atom. The van der Waals surface area contributed by atoms with Crippen LogP contribution in [-0.4, -0.2) is 74.0 Å². The number of amides is 2. The Balaban J connectivity index is 1.54. The summed E-state index contributed by atoms with van der Waals surface area (Å²) in [7, 11) is 0. The molecule has 6 nitrogen and oxygen atoms in total. The van der Waals surface area contributed by atoms with Gasteiger partial charge in [0.25, 0.3) is 0 Å². The summed E-state index contributed by atoms with van der Waals surface area (Å²) in [5.74, 6) is 0.903. The second kappa shape index (κ2) is 11.7. The van der Waals surface area contributed by atoms with Crippen molar-refractivity contribution in [2.24, 2.45) is 0 Å². The number of hydrogen-bond acceptors (Lipinski definition) is 5. The van der Waals surface area contributed by atoms with E-state index in [0.29, 0.717) is 19.2 Å². The molecule has 2 amide bonds.